The Bertz CT molecular complexity index is 652. The molecule has 0 N–H and O–H groups in total. The highest BCUT2D eigenvalue weighted by Crippen LogP contribution is 2.53. The van der Waals surface area contributed by atoms with E-state index < -0.39 is 18.1 Å². The van der Waals surface area contributed by atoms with Gasteiger partial charge in [0.25, 0.3) is 0 Å². The Kier molecular flexibility index (Phi) is 6.52. The van der Waals surface area contributed by atoms with E-state index in [1.54, 1.807) is 4.90 Å². The monoisotopic (exact) mass is 377 g/mol. The number of anilines is 1. The van der Waals surface area contributed by atoms with Crippen LogP contribution in [0.1, 0.15) is 51.7 Å². The van der Waals surface area contributed by atoms with Gasteiger partial charge in [-0.1, -0.05) is 12.1 Å². The number of aryl methyl sites for hydroxylation is 1. The fraction of sp³-hybridized carbons (Fsp3) is 0.667. The average Bonchev–Trinajstić information content (AvgIpc) is 2.93. The Morgan fingerprint density at radius 1 is 1.00 bits per heavy atom. The number of hydrogen-bond donors (Lipinski definition) is 0. The molecule has 1 atom stereocenters. The summed E-state index contributed by atoms with van der Waals surface area (Å²) in [5, 5.41) is 0. The molecule has 150 valence electrons. The van der Waals surface area contributed by atoms with Gasteiger partial charge in [0.2, 0.25) is 12.3 Å². The summed E-state index contributed by atoms with van der Waals surface area (Å²) in [6.07, 6.45) is 1.20. The number of benzene rings is 1. The number of hydrogen-bond acceptors (Lipinski definition) is 5. The lowest BCUT2D eigenvalue weighted by Crippen LogP contribution is -2.54. The molecule has 1 aliphatic heterocycles. The molecular formula is C21H31NO5. The molecule has 2 aliphatic rings. The number of nitrogens with zero attached hydrogens (tertiary/aromatic N) is 1. The lowest BCUT2D eigenvalue weighted by Gasteiger charge is -2.39. The summed E-state index contributed by atoms with van der Waals surface area (Å²) < 4.78 is 23.5. The van der Waals surface area contributed by atoms with Crippen LogP contribution in [0, 0.1) is 0 Å². The molecule has 1 amide bonds. The fourth-order valence-corrected chi connectivity index (χ4v) is 4.40. The zero-order valence-electron chi connectivity index (χ0n) is 16.8. The van der Waals surface area contributed by atoms with Crippen molar-refractivity contribution >= 4 is 11.6 Å². The molecule has 6 nitrogen and oxygen atoms in total. The van der Waals surface area contributed by atoms with Crippen LogP contribution in [0.5, 0.6) is 0 Å². The van der Waals surface area contributed by atoms with E-state index in [9.17, 15) is 4.79 Å². The van der Waals surface area contributed by atoms with Crippen molar-refractivity contribution in [1.82, 2.24) is 0 Å². The SMILES string of the molecule is CCOC(OCC)N1C(=O)C2(C(OCC)OCC)CCCc3cccc1c32. The topological polar surface area (TPSA) is 57.2 Å². The second-order valence-corrected chi connectivity index (χ2v) is 6.77. The van der Waals surface area contributed by atoms with Crippen molar-refractivity contribution in [3.63, 3.8) is 0 Å². The van der Waals surface area contributed by atoms with Crippen LogP contribution in [0.25, 0.3) is 0 Å². The molecule has 0 aromatic heterocycles. The highest BCUT2D eigenvalue weighted by molar-refractivity contribution is 6.09. The second kappa shape index (κ2) is 8.69. The summed E-state index contributed by atoms with van der Waals surface area (Å²) in [6.45, 7) is 9.54. The van der Waals surface area contributed by atoms with Crippen molar-refractivity contribution in [2.45, 2.75) is 65.1 Å². The maximum atomic E-state index is 13.9. The van der Waals surface area contributed by atoms with Crippen LogP contribution >= 0.6 is 0 Å². The van der Waals surface area contributed by atoms with E-state index in [2.05, 4.69) is 6.07 Å². The van der Waals surface area contributed by atoms with Gasteiger partial charge in [-0.05, 0) is 64.2 Å². The van der Waals surface area contributed by atoms with E-state index in [0.29, 0.717) is 32.8 Å². The Labute approximate surface area is 161 Å². The first kappa shape index (κ1) is 20.3. The van der Waals surface area contributed by atoms with Crippen molar-refractivity contribution < 1.29 is 23.7 Å². The van der Waals surface area contributed by atoms with Crippen LogP contribution in [0.15, 0.2) is 18.2 Å². The molecule has 3 rings (SSSR count). The predicted octanol–water partition coefficient (Wildman–Crippen LogP) is 3.36. The number of carbonyl (C=O) groups is 1. The normalized spacial score (nSPS) is 21.4. The van der Waals surface area contributed by atoms with Gasteiger partial charge < -0.3 is 18.9 Å². The first-order valence-corrected chi connectivity index (χ1v) is 10.1. The van der Waals surface area contributed by atoms with Crippen molar-refractivity contribution in [1.29, 1.82) is 0 Å². The van der Waals surface area contributed by atoms with Gasteiger partial charge in [-0.25, -0.2) is 0 Å². The largest absolute Gasteiger partial charge is 0.351 e. The zero-order valence-corrected chi connectivity index (χ0v) is 16.8. The molecule has 0 spiro atoms. The summed E-state index contributed by atoms with van der Waals surface area (Å²) >= 11 is 0. The minimum absolute atomic E-state index is 0.0524. The van der Waals surface area contributed by atoms with E-state index in [1.165, 1.54) is 5.56 Å². The van der Waals surface area contributed by atoms with E-state index in [4.69, 9.17) is 18.9 Å². The number of amides is 1. The molecule has 1 aliphatic carbocycles. The Balaban J connectivity index is 2.15. The maximum Gasteiger partial charge on any atom is 0.247 e. The first-order valence-electron chi connectivity index (χ1n) is 10.1. The first-order chi connectivity index (χ1) is 13.1. The summed E-state index contributed by atoms with van der Waals surface area (Å²) in [7, 11) is 0. The van der Waals surface area contributed by atoms with Crippen LogP contribution in [-0.2, 0) is 35.6 Å². The highest BCUT2D eigenvalue weighted by atomic mass is 16.7. The van der Waals surface area contributed by atoms with Gasteiger partial charge in [0.1, 0.15) is 5.41 Å². The predicted molar refractivity (Wildman–Crippen MR) is 103 cm³/mol. The van der Waals surface area contributed by atoms with Gasteiger partial charge in [-0.3, -0.25) is 9.69 Å². The smallest absolute Gasteiger partial charge is 0.247 e. The Hall–Kier alpha value is -1.47. The molecule has 1 aromatic rings. The van der Waals surface area contributed by atoms with Crippen molar-refractivity contribution in [2.75, 3.05) is 31.3 Å². The van der Waals surface area contributed by atoms with Crippen LogP contribution in [0.2, 0.25) is 0 Å². The van der Waals surface area contributed by atoms with E-state index in [-0.39, 0.29) is 5.91 Å². The summed E-state index contributed by atoms with van der Waals surface area (Å²) in [5.41, 5.74) is 2.22. The third-order valence-corrected chi connectivity index (χ3v) is 5.32. The van der Waals surface area contributed by atoms with Gasteiger partial charge in [-0.15, -0.1) is 0 Å². The molecule has 27 heavy (non-hydrogen) atoms. The molecule has 0 saturated carbocycles. The molecule has 0 saturated heterocycles. The summed E-state index contributed by atoms with van der Waals surface area (Å²) in [6, 6.07) is 6.08. The maximum absolute atomic E-state index is 13.9. The molecule has 1 heterocycles. The van der Waals surface area contributed by atoms with Gasteiger partial charge in [0.05, 0.1) is 5.69 Å². The molecule has 1 unspecified atom stereocenters. The van der Waals surface area contributed by atoms with E-state index >= 15 is 0 Å². The summed E-state index contributed by atoms with van der Waals surface area (Å²) in [5.74, 6) is -0.0524. The summed E-state index contributed by atoms with van der Waals surface area (Å²) in [4.78, 5) is 15.6. The van der Waals surface area contributed by atoms with Crippen LogP contribution in [0.4, 0.5) is 5.69 Å². The van der Waals surface area contributed by atoms with Gasteiger partial charge in [0, 0.05) is 26.4 Å². The third kappa shape index (κ3) is 3.29. The number of carbonyl (C=O) groups excluding carboxylic acids is 1. The molecule has 0 fully saturated rings. The minimum Gasteiger partial charge on any atom is -0.351 e. The van der Waals surface area contributed by atoms with E-state index in [0.717, 1.165) is 24.1 Å². The lowest BCUT2D eigenvalue weighted by atomic mass is 9.70. The fourth-order valence-electron chi connectivity index (χ4n) is 4.40. The quantitative estimate of drug-likeness (QED) is 0.585. The zero-order chi connectivity index (χ0) is 19.4. The second-order valence-electron chi connectivity index (χ2n) is 6.77. The average molecular weight is 377 g/mol. The van der Waals surface area contributed by atoms with Crippen LogP contribution < -0.4 is 4.90 Å². The molecule has 0 bridgehead atoms. The van der Waals surface area contributed by atoms with Gasteiger partial charge in [-0.2, -0.15) is 0 Å². The van der Waals surface area contributed by atoms with Crippen molar-refractivity contribution in [2.24, 2.45) is 0 Å². The van der Waals surface area contributed by atoms with Crippen molar-refractivity contribution in [3.8, 4) is 0 Å². The minimum atomic E-state index is -0.845. The van der Waals surface area contributed by atoms with Crippen molar-refractivity contribution in [3.05, 3.63) is 29.3 Å². The number of ether oxygens (including phenoxy) is 4. The van der Waals surface area contributed by atoms with Crippen LogP contribution in [-0.4, -0.2) is 45.0 Å². The highest BCUT2D eigenvalue weighted by Gasteiger charge is 2.60. The molecule has 1 aromatic carbocycles. The molecule has 6 heteroatoms. The Morgan fingerprint density at radius 3 is 2.22 bits per heavy atom. The van der Waals surface area contributed by atoms with Gasteiger partial charge >= 0.3 is 0 Å². The third-order valence-electron chi connectivity index (χ3n) is 5.32. The number of rotatable bonds is 10. The standard InChI is InChI=1S/C21H31NO5/c1-5-24-19(25-6-2)21-14-10-12-15-11-9-13-16(17(15)21)22(18(21)23)20(26-7-3)27-8-4/h9,11,13,19-20H,5-8,10,12,14H2,1-4H3. The van der Waals surface area contributed by atoms with Gasteiger partial charge in [0.15, 0.2) is 6.29 Å². The Morgan fingerprint density at radius 2 is 1.63 bits per heavy atom. The molecular weight excluding hydrogens is 346 g/mol. The lowest BCUT2D eigenvalue weighted by molar-refractivity contribution is -0.189. The van der Waals surface area contributed by atoms with E-state index in [1.807, 2.05) is 39.8 Å². The molecule has 0 radical (unpaired) electrons. The van der Waals surface area contributed by atoms with Crippen LogP contribution in [0.3, 0.4) is 0 Å².